The van der Waals surface area contributed by atoms with Crippen LogP contribution in [-0.2, 0) is 10.0 Å². The molecule has 0 spiro atoms. The molecule has 9 heteroatoms. The number of halogens is 3. The first-order valence-electron chi connectivity index (χ1n) is 7.17. The number of aromatic amines is 1. The van der Waals surface area contributed by atoms with E-state index in [9.17, 15) is 17.2 Å². The van der Waals surface area contributed by atoms with Crippen molar-refractivity contribution in [2.75, 3.05) is 4.72 Å². The van der Waals surface area contributed by atoms with Crippen LogP contribution in [0.15, 0.2) is 53.6 Å². The highest BCUT2D eigenvalue weighted by Gasteiger charge is 2.20. The number of nitrogens with zero attached hydrogens (tertiary/aromatic N) is 1. The molecule has 0 fully saturated rings. The van der Waals surface area contributed by atoms with E-state index in [2.05, 4.69) is 9.71 Å². The molecule has 0 saturated heterocycles. The summed E-state index contributed by atoms with van der Waals surface area (Å²) in [4.78, 5) is 2.52. The monoisotopic (exact) mass is 393 g/mol. The molecule has 0 unspecified atom stereocenters. The van der Waals surface area contributed by atoms with Crippen LogP contribution in [0.2, 0.25) is 5.02 Å². The fourth-order valence-corrected chi connectivity index (χ4v) is 3.56. The number of nitriles is 1. The van der Waals surface area contributed by atoms with Gasteiger partial charge in [0, 0.05) is 17.5 Å². The summed E-state index contributed by atoms with van der Waals surface area (Å²) in [5.74, 6) is -1.52. The maximum atomic E-state index is 13.9. The molecular formula is C17H10ClF2N3O2S. The maximum absolute atomic E-state index is 13.9. The fraction of sp³-hybridized carbons (Fsp3) is 0. The highest BCUT2D eigenvalue weighted by atomic mass is 35.5. The van der Waals surface area contributed by atoms with Crippen molar-refractivity contribution in [1.82, 2.24) is 4.98 Å². The van der Waals surface area contributed by atoms with Crippen LogP contribution in [-0.4, -0.2) is 13.4 Å². The van der Waals surface area contributed by atoms with Gasteiger partial charge in [0.1, 0.15) is 16.5 Å². The van der Waals surface area contributed by atoms with Gasteiger partial charge in [-0.05, 0) is 30.3 Å². The van der Waals surface area contributed by atoms with Crippen LogP contribution in [0.5, 0.6) is 0 Å². The van der Waals surface area contributed by atoms with Crippen LogP contribution >= 0.6 is 11.6 Å². The molecule has 0 aliphatic heterocycles. The second kappa shape index (κ2) is 6.78. The summed E-state index contributed by atoms with van der Waals surface area (Å²) < 4.78 is 54.4. The summed E-state index contributed by atoms with van der Waals surface area (Å²) in [5, 5.41) is 8.57. The third kappa shape index (κ3) is 3.40. The van der Waals surface area contributed by atoms with Crippen LogP contribution in [0.3, 0.4) is 0 Å². The third-order valence-electron chi connectivity index (χ3n) is 3.55. The van der Waals surface area contributed by atoms with E-state index in [0.29, 0.717) is 0 Å². The Morgan fingerprint density at radius 1 is 1.12 bits per heavy atom. The quantitative estimate of drug-likeness (QED) is 0.693. The van der Waals surface area contributed by atoms with Gasteiger partial charge in [-0.25, -0.2) is 17.2 Å². The Labute approximate surface area is 152 Å². The predicted molar refractivity (Wildman–Crippen MR) is 93.1 cm³/mol. The predicted octanol–water partition coefficient (Wildman–Crippen LogP) is 4.29. The van der Waals surface area contributed by atoms with Gasteiger partial charge in [0.2, 0.25) is 0 Å². The molecular weight excluding hydrogens is 384 g/mol. The molecule has 26 heavy (non-hydrogen) atoms. The number of sulfonamides is 1. The average Bonchev–Trinajstić information content (AvgIpc) is 3.10. The number of benzene rings is 2. The lowest BCUT2D eigenvalue weighted by Gasteiger charge is -2.07. The molecule has 0 aliphatic carbocycles. The molecule has 0 bridgehead atoms. The molecule has 1 heterocycles. The van der Waals surface area contributed by atoms with Gasteiger partial charge in [0.15, 0.2) is 0 Å². The van der Waals surface area contributed by atoms with Crippen molar-refractivity contribution in [2.24, 2.45) is 0 Å². The van der Waals surface area contributed by atoms with Crippen molar-refractivity contribution >= 4 is 27.3 Å². The first-order chi connectivity index (χ1) is 12.3. The molecule has 0 aliphatic rings. The Morgan fingerprint density at radius 2 is 1.88 bits per heavy atom. The third-order valence-corrected chi connectivity index (χ3v) is 5.28. The average molecular weight is 394 g/mol. The summed E-state index contributed by atoms with van der Waals surface area (Å²) in [5.41, 5.74) is 0.346. The van der Waals surface area contributed by atoms with Crippen molar-refractivity contribution in [3.8, 4) is 17.3 Å². The van der Waals surface area contributed by atoms with Crippen molar-refractivity contribution in [3.63, 3.8) is 0 Å². The summed E-state index contributed by atoms with van der Waals surface area (Å²) in [7, 11) is -4.11. The minimum absolute atomic E-state index is 0.0649. The molecule has 0 amide bonds. The van der Waals surface area contributed by atoms with Gasteiger partial charge in [-0.3, -0.25) is 4.72 Å². The number of rotatable bonds is 4. The summed E-state index contributed by atoms with van der Waals surface area (Å²) in [6.07, 6.45) is 1.18. The number of nitrogens with one attached hydrogen (secondary N) is 2. The van der Waals surface area contributed by atoms with Gasteiger partial charge in [-0.2, -0.15) is 5.26 Å². The normalized spacial score (nSPS) is 11.2. The van der Waals surface area contributed by atoms with E-state index in [4.69, 9.17) is 16.9 Å². The van der Waals surface area contributed by atoms with Crippen molar-refractivity contribution < 1.29 is 17.2 Å². The molecule has 2 aromatic carbocycles. The Kier molecular flexibility index (Phi) is 4.68. The van der Waals surface area contributed by atoms with E-state index in [1.54, 1.807) is 6.07 Å². The molecule has 5 nitrogen and oxygen atoms in total. The lowest BCUT2D eigenvalue weighted by molar-refractivity contribution is 0.598. The maximum Gasteiger partial charge on any atom is 0.263 e. The van der Waals surface area contributed by atoms with E-state index >= 15 is 0 Å². The topological polar surface area (TPSA) is 85.8 Å². The van der Waals surface area contributed by atoms with Gasteiger partial charge in [0.05, 0.1) is 22.3 Å². The zero-order valence-electron chi connectivity index (χ0n) is 12.9. The lowest BCUT2D eigenvalue weighted by Crippen LogP contribution is -2.13. The highest BCUT2D eigenvalue weighted by molar-refractivity contribution is 7.92. The van der Waals surface area contributed by atoms with E-state index in [0.717, 1.165) is 12.1 Å². The molecule has 1 aromatic heterocycles. The van der Waals surface area contributed by atoms with Crippen LogP contribution in [0.4, 0.5) is 14.5 Å². The van der Waals surface area contributed by atoms with E-state index < -0.39 is 21.7 Å². The van der Waals surface area contributed by atoms with Crippen molar-refractivity contribution in [3.05, 3.63) is 70.9 Å². The number of hydrogen-bond acceptors (Lipinski definition) is 3. The van der Waals surface area contributed by atoms with Crippen LogP contribution in [0.25, 0.3) is 11.3 Å². The van der Waals surface area contributed by atoms with Crippen molar-refractivity contribution in [1.29, 1.82) is 5.26 Å². The minimum Gasteiger partial charge on any atom is -0.360 e. The number of H-pyrrole nitrogens is 1. The second-order valence-electron chi connectivity index (χ2n) is 5.26. The SMILES string of the molecule is N#Cc1ccc(NS(=O)(=O)c2c[nH]c(-c3cccc(F)c3Cl)c2)c(F)c1. The lowest BCUT2D eigenvalue weighted by atomic mass is 10.1. The van der Waals surface area contributed by atoms with E-state index in [1.165, 1.54) is 36.5 Å². The number of aromatic nitrogens is 1. The van der Waals surface area contributed by atoms with E-state index in [-0.39, 0.29) is 32.4 Å². The minimum atomic E-state index is -4.11. The molecule has 0 radical (unpaired) electrons. The Hall–Kier alpha value is -2.89. The van der Waals surface area contributed by atoms with Gasteiger partial charge >= 0.3 is 0 Å². The molecule has 132 valence electrons. The van der Waals surface area contributed by atoms with Gasteiger partial charge in [-0.15, -0.1) is 0 Å². The second-order valence-corrected chi connectivity index (χ2v) is 7.32. The van der Waals surface area contributed by atoms with Crippen molar-refractivity contribution in [2.45, 2.75) is 4.90 Å². The molecule has 2 N–H and O–H groups in total. The van der Waals surface area contributed by atoms with Gasteiger partial charge in [0.25, 0.3) is 10.0 Å². The largest absolute Gasteiger partial charge is 0.360 e. The molecule has 0 saturated carbocycles. The molecule has 3 aromatic rings. The van der Waals surface area contributed by atoms with Crippen LogP contribution < -0.4 is 4.72 Å². The molecule has 0 atom stereocenters. The zero-order chi connectivity index (χ0) is 18.9. The summed E-state index contributed by atoms with van der Waals surface area (Å²) >= 11 is 5.89. The molecule has 3 rings (SSSR count). The first-order valence-corrected chi connectivity index (χ1v) is 9.03. The fourth-order valence-electron chi connectivity index (χ4n) is 2.27. The highest BCUT2D eigenvalue weighted by Crippen LogP contribution is 2.31. The summed E-state index contributed by atoms with van der Waals surface area (Å²) in [6, 6.07) is 10.5. The Bertz CT molecular complexity index is 1140. The van der Waals surface area contributed by atoms with E-state index in [1.807, 2.05) is 0 Å². The smallest absolute Gasteiger partial charge is 0.263 e. The number of anilines is 1. The zero-order valence-corrected chi connectivity index (χ0v) is 14.5. The van der Waals surface area contributed by atoms with Gasteiger partial charge in [-0.1, -0.05) is 23.7 Å². The van der Waals surface area contributed by atoms with Gasteiger partial charge < -0.3 is 4.98 Å². The summed E-state index contributed by atoms with van der Waals surface area (Å²) in [6.45, 7) is 0. The van der Waals surface area contributed by atoms with Crippen LogP contribution in [0.1, 0.15) is 5.56 Å². The van der Waals surface area contributed by atoms with Crippen LogP contribution in [0, 0.1) is 23.0 Å². The Morgan fingerprint density at radius 3 is 2.58 bits per heavy atom. The Balaban J connectivity index is 1.93. The number of hydrogen-bond donors (Lipinski definition) is 2. The first kappa shape index (κ1) is 17.9. The standard InChI is InChI=1S/C17H10ClF2N3O2S/c18-17-12(2-1-3-13(17)19)16-7-11(9-22-16)26(24,25)23-15-5-4-10(8-21)6-14(15)20/h1-7,9,22-23H.